The number of ether oxygens (including phenoxy) is 1. The number of sulfonamides is 1. The van der Waals surface area contributed by atoms with Gasteiger partial charge in [0.05, 0.1) is 5.75 Å². The highest BCUT2D eigenvalue weighted by molar-refractivity contribution is 9.09. The Morgan fingerprint density at radius 3 is 2.81 bits per heavy atom. The first-order valence-corrected chi connectivity index (χ1v) is 8.41. The van der Waals surface area contributed by atoms with Gasteiger partial charge in [-0.15, -0.1) is 0 Å². The molecule has 96 valence electrons. The zero-order chi connectivity index (χ0) is 12.0. The Bertz CT molecular complexity index is 294. The highest BCUT2D eigenvalue weighted by Gasteiger charge is 2.29. The summed E-state index contributed by atoms with van der Waals surface area (Å²) >= 11 is 3.43. The standard InChI is InChI=1S/C10H20BrNO3S/c1-15-6-3-7-16(13,14)12-10-5-2-4-9(10)8-11/h9-10,12H,2-8H2,1H3. The van der Waals surface area contributed by atoms with Crippen molar-refractivity contribution >= 4 is 26.0 Å². The van der Waals surface area contributed by atoms with Gasteiger partial charge in [0.25, 0.3) is 0 Å². The maximum absolute atomic E-state index is 11.7. The average Bonchev–Trinajstić information content (AvgIpc) is 2.64. The maximum Gasteiger partial charge on any atom is 0.211 e. The van der Waals surface area contributed by atoms with E-state index < -0.39 is 10.0 Å². The van der Waals surface area contributed by atoms with Gasteiger partial charge in [-0.2, -0.15) is 0 Å². The summed E-state index contributed by atoms with van der Waals surface area (Å²) in [6.45, 7) is 0.494. The van der Waals surface area contributed by atoms with Crippen molar-refractivity contribution in [1.29, 1.82) is 0 Å². The molecule has 0 aromatic rings. The van der Waals surface area contributed by atoms with E-state index in [2.05, 4.69) is 20.7 Å². The summed E-state index contributed by atoms with van der Waals surface area (Å²) in [5.74, 6) is 0.601. The molecule has 1 N–H and O–H groups in total. The third-order valence-electron chi connectivity index (χ3n) is 2.95. The molecule has 0 aromatic heterocycles. The van der Waals surface area contributed by atoms with Crippen molar-refractivity contribution in [2.75, 3.05) is 24.8 Å². The molecule has 1 rings (SSSR count). The van der Waals surface area contributed by atoms with Crippen LogP contribution in [-0.2, 0) is 14.8 Å². The molecule has 2 unspecified atom stereocenters. The second kappa shape index (κ2) is 6.93. The summed E-state index contributed by atoms with van der Waals surface area (Å²) in [6.07, 6.45) is 3.73. The molecule has 2 atom stereocenters. The van der Waals surface area contributed by atoms with Crippen LogP contribution in [0.1, 0.15) is 25.7 Å². The van der Waals surface area contributed by atoms with Crippen LogP contribution in [0.4, 0.5) is 0 Å². The second-order valence-corrected chi connectivity index (χ2v) is 6.76. The molecule has 0 saturated heterocycles. The van der Waals surface area contributed by atoms with E-state index in [1.165, 1.54) is 0 Å². The number of hydrogen-bond acceptors (Lipinski definition) is 3. The largest absolute Gasteiger partial charge is 0.385 e. The normalized spacial score (nSPS) is 26.1. The quantitative estimate of drug-likeness (QED) is 0.572. The van der Waals surface area contributed by atoms with Gasteiger partial charge in [-0.25, -0.2) is 13.1 Å². The Morgan fingerprint density at radius 2 is 2.19 bits per heavy atom. The van der Waals surface area contributed by atoms with E-state index in [1.807, 2.05) is 0 Å². The van der Waals surface area contributed by atoms with E-state index in [0.29, 0.717) is 18.9 Å². The van der Waals surface area contributed by atoms with Crippen molar-refractivity contribution in [3.05, 3.63) is 0 Å². The Kier molecular flexibility index (Phi) is 6.25. The van der Waals surface area contributed by atoms with Gasteiger partial charge in [0.15, 0.2) is 0 Å². The fourth-order valence-corrected chi connectivity index (χ4v) is 4.22. The summed E-state index contributed by atoms with van der Waals surface area (Å²) in [5.41, 5.74) is 0. The van der Waals surface area contributed by atoms with Crippen LogP contribution in [0.25, 0.3) is 0 Å². The van der Waals surface area contributed by atoms with Gasteiger partial charge in [0, 0.05) is 25.1 Å². The fourth-order valence-electron chi connectivity index (χ4n) is 2.06. The molecule has 4 nitrogen and oxygen atoms in total. The minimum atomic E-state index is -3.13. The molecule has 0 bridgehead atoms. The molecular weight excluding hydrogens is 294 g/mol. The lowest BCUT2D eigenvalue weighted by Gasteiger charge is -2.18. The monoisotopic (exact) mass is 313 g/mol. The van der Waals surface area contributed by atoms with Crippen LogP contribution < -0.4 is 4.72 Å². The molecule has 6 heteroatoms. The number of hydrogen-bond donors (Lipinski definition) is 1. The predicted molar refractivity (Wildman–Crippen MR) is 68.3 cm³/mol. The van der Waals surface area contributed by atoms with Crippen LogP contribution in [0.2, 0.25) is 0 Å². The molecule has 0 amide bonds. The van der Waals surface area contributed by atoms with Gasteiger partial charge in [0.2, 0.25) is 10.0 Å². The molecule has 1 aliphatic carbocycles. The average molecular weight is 314 g/mol. The van der Waals surface area contributed by atoms with E-state index in [0.717, 1.165) is 24.6 Å². The Hall–Kier alpha value is 0.350. The molecule has 1 saturated carbocycles. The second-order valence-electron chi connectivity index (χ2n) is 4.23. The molecule has 0 aromatic carbocycles. The van der Waals surface area contributed by atoms with E-state index in [9.17, 15) is 8.42 Å². The highest BCUT2D eigenvalue weighted by Crippen LogP contribution is 2.27. The smallest absolute Gasteiger partial charge is 0.211 e. The SMILES string of the molecule is COCCCS(=O)(=O)NC1CCCC1CBr. The van der Waals surface area contributed by atoms with Gasteiger partial charge in [-0.3, -0.25) is 0 Å². The van der Waals surface area contributed by atoms with Gasteiger partial charge in [0.1, 0.15) is 0 Å². The van der Waals surface area contributed by atoms with E-state index >= 15 is 0 Å². The van der Waals surface area contributed by atoms with E-state index in [4.69, 9.17) is 4.74 Å². The first kappa shape index (κ1) is 14.4. The number of rotatable bonds is 7. The molecule has 0 heterocycles. The van der Waals surface area contributed by atoms with Crippen LogP contribution in [0, 0.1) is 5.92 Å². The molecule has 0 radical (unpaired) electrons. The van der Waals surface area contributed by atoms with Crippen LogP contribution in [0.5, 0.6) is 0 Å². The number of nitrogens with one attached hydrogen (secondary N) is 1. The lowest BCUT2D eigenvalue weighted by molar-refractivity contribution is 0.199. The fraction of sp³-hybridized carbons (Fsp3) is 1.00. The number of methoxy groups -OCH3 is 1. The highest BCUT2D eigenvalue weighted by atomic mass is 79.9. The summed E-state index contributed by atoms with van der Waals surface area (Å²) < 4.78 is 31.1. The van der Waals surface area contributed by atoms with Gasteiger partial charge in [-0.1, -0.05) is 22.4 Å². The van der Waals surface area contributed by atoms with Crippen molar-refractivity contribution in [1.82, 2.24) is 4.72 Å². The minimum absolute atomic E-state index is 0.118. The van der Waals surface area contributed by atoms with E-state index in [1.54, 1.807) is 7.11 Å². The summed E-state index contributed by atoms with van der Waals surface area (Å²) in [6, 6.07) is 0.118. The van der Waals surface area contributed by atoms with Crippen molar-refractivity contribution in [3.63, 3.8) is 0 Å². The number of halogens is 1. The third-order valence-corrected chi connectivity index (χ3v) is 5.27. The molecule has 16 heavy (non-hydrogen) atoms. The van der Waals surface area contributed by atoms with Crippen molar-refractivity contribution in [3.8, 4) is 0 Å². The van der Waals surface area contributed by atoms with Crippen LogP contribution in [-0.4, -0.2) is 39.3 Å². The van der Waals surface area contributed by atoms with Crippen LogP contribution in [0.3, 0.4) is 0 Å². The van der Waals surface area contributed by atoms with E-state index in [-0.39, 0.29) is 11.8 Å². The molecule has 0 aliphatic heterocycles. The predicted octanol–water partition coefficient (Wildman–Crippen LogP) is 1.51. The molecule has 1 fully saturated rings. The molecule has 1 aliphatic rings. The molecular formula is C10H20BrNO3S. The Labute approximate surface area is 106 Å². The Balaban J connectivity index is 2.39. The zero-order valence-corrected chi connectivity index (χ0v) is 12.0. The van der Waals surface area contributed by atoms with Crippen LogP contribution >= 0.6 is 15.9 Å². The van der Waals surface area contributed by atoms with Crippen molar-refractivity contribution in [2.24, 2.45) is 5.92 Å². The summed E-state index contributed by atoms with van der Waals surface area (Å²) in [4.78, 5) is 0. The topological polar surface area (TPSA) is 55.4 Å². The lowest BCUT2D eigenvalue weighted by Crippen LogP contribution is -2.39. The first-order valence-electron chi connectivity index (χ1n) is 5.64. The van der Waals surface area contributed by atoms with Gasteiger partial charge in [-0.05, 0) is 25.2 Å². The molecule has 0 spiro atoms. The third kappa shape index (κ3) is 4.69. The first-order chi connectivity index (χ1) is 7.59. The van der Waals surface area contributed by atoms with Crippen LogP contribution in [0.15, 0.2) is 0 Å². The van der Waals surface area contributed by atoms with Crippen molar-refractivity contribution < 1.29 is 13.2 Å². The van der Waals surface area contributed by atoms with Crippen molar-refractivity contribution in [2.45, 2.75) is 31.7 Å². The summed E-state index contributed by atoms with van der Waals surface area (Å²) in [5, 5.41) is 0.873. The Morgan fingerprint density at radius 1 is 1.44 bits per heavy atom. The summed E-state index contributed by atoms with van der Waals surface area (Å²) in [7, 11) is -1.55. The number of alkyl halides is 1. The lowest BCUT2D eigenvalue weighted by atomic mass is 10.1. The van der Waals surface area contributed by atoms with Gasteiger partial charge < -0.3 is 4.74 Å². The zero-order valence-electron chi connectivity index (χ0n) is 9.62. The van der Waals surface area contributed by atoms with Gasteiger partial charge >= 0.3 is 0 Å². The minimum Gasteiger partial charge on any atom is -0.385 e. The maximum atomic E-state index is 11.7.